The lowest BCUT2D eigenvalue weighted by molar-refractivity contribution is 0.147. The van der Waals surface area contributed by atoms with Gasteiger partial charge in [0.05, 0.1) is 5.56 Å². The van der Waals surface area contributed by atoms with Crippen molar-refractivity contribution in [3.8, 4) is 0 Å². The highest BCUT2D eigenvalue weighted by atomic mass is 35.7. The Morgan fingerprint density at radius 1 is 1.47 bits per heavy atom. The van der Waals surface area contributed by atoms with Crippen molar-refractivity contribution in [3.05, 3.63) is 17.6 Å². The fourth-order valence-corrected chi connectivity index (χ4v) is 1.94. The molecule has 4 nitrogen and oxygen atoms in total. The molecule has 0 fully saturated rings. The van der Waals surface area contributed by atoms with E-state index in [0.29, 0.717) is 6.07 Å². The zero-order chi connectivity index (χ0) is 11.8. The second-order valence-corrected chi connectivity index (χ2v) is 4.97. The fraction of sp³-hybridized carbons (Fsp3) is 0.167. The molecule has 1 aromatic heterocycles. The normalized spacial score (nSPS) is 12.1. The van der Waals surface area contributed by atoms with Gasteiger partial charge in [-0.15, -0.1) is 0 Å². The van der Waals surface area contributed by atoms with Crippen LogP contribution in [0.3, 0.4) is 0 Å². The van der Waals surface area contributed by atoms with Crippen LogP contribution in [0.2, 0.25) is 0 Å². The summed E-state index contributed by atoms with van der Waals surface area (Å²) in [4.78, 5) is 2.78. The van der Waals surface area contributed by atoms with Crippen LogP contribution < -0.4 is 5.73 Å². The van der Waals surface area contributed by atoms with Crippen LogP contribution >= 0.6 is 10.7 Å². The maximum absolute atomic E-state index is 12.6. The third kappa shape index (κ3) is 2.51. The van der Waals surface area contributed by atoms with Gasteiger partial charge in [-0.2, -0.15) is 4.39 Å². The van der Waals surface area contributed by atoms with Gasteiger partial charge in [0.1, 0.15) is 0 Å². The molecule has 0 bridgehead atoms. The maximum atomic E-state index is 12.6. The first-order chi connectivity index (χ1) is 6.73. The lowest BCUT2D eigenvalue weighted by atomic mass is 10.2. The Bertz CT molecular complexity index is 491. The van der Waals surface area contributed by atoms with Gasteiger partial charge in [0, 0.05) is 22.4 Å². The molecule has 0 radical (unpaired) electrons. The van der Waals surface area contributed by atoms with Crippen molar-refractivity contribution < 1.29 is 21.6 Å². The van der Waals surface area contributed by atoms with Gasteiger partial charge in [-0.05, 0) is 0 Å². The number of nitrogens with zero attached hydrogens (tertiary/aromatic N) is 1. The monoisotopic (exact) mass is 260 g/mol. The Labute approximate surface area is 87.3 Å². The van der Waals surface area contributed by atoms with Gasteiger partial charge in [-0.3, -0.25) is 0 Å². The fourth-order valence-electron chi connectivity index (χ4n) is 0.924. The Morgan fingerprint density at radius 3 is 2.40 bits per heavy atom. The molecule has 1 aromatic rings. The molecule has 0 atom stereocenters. The third-order valence-corrected chi connectivity index (χ3v) is 2.69. The van der Waals surface area contributed by atoms with Crippen molar-refractivity contribution in [2.75, 3.05) is 5.73 Å². The first-order valence-corrected chi connectivity index (χ1v) is 5.73. The number of anilines is 1. The SMILES string of the molecule is Nc1cc(F)nc(S(=O)(=O)Cl)c1C(F)F. The van der Waals surface area contributed by atoms with E-state index in [1.165, 1.54) is 0 Å². The van der Waals surface area contributed by atoms with E-state index < -0.39 is 37.7 Å². The Hall–Kier alpha value is -1.02. The van der Waals surface area contributed by atoms with E-state index in [4.69, 9.17) is 16.4 Å². The molecule has 9 heteroatoms. The van der Waals surface area contributed by atoms with E-state index in [9.17, 15) is 21.6 Å². The van der Waals surface area contributed by atoms with Gasteiger partial charge >= 0.3 is 0 Å². The summed E-state index contributed by atoms with van der Waals surface area (Å²) in [5, 5.41) is -1.25. The smallest absolute Gasteiger partial charge is 0.279 e. The summed E-state index contributed by atoms with van der Waals surface area (Å²) in [6, 6.07) is 0.493. The number of alkyl halides is 2. The highest BCUT2D eigenvalue weighted by molar-refractivity contribution is 8.13. The quantitative estimate of drug-likeness (QED) is 0.648. The summed E-state index contributed by atoms with van der Waals surface area (Å²) in [6.45, 7) is 0. The Balaban J connectivity index is 3.62. The summed E-state index contributed by atoms with van der Waals surface area (Å²) in [7, 11) is 0.244. The van der Waals surface area contributed by atoms with Gasteiger partial charge in [-0.1, -0.05) is 0 Å². The highest BCUT2D eigenvalue weighted by Gasteiger charge is 2.27. The summed E-state index contributed by atoms with van der Waals surface area (Å²) < 4.78 is 59.0. The predicted molar refractivity (Wildman–Crippen MR) is 46.6 cm³/mol. The lowest BCUT2D eigenvalue weighted by Gasteiger charge is -2.07. The van der Waals surface area contributed by atoms with Gasteiger partial charge in [0.25, 0.3) is 15.5 Å². The molecule has 84 valence electrons. The number of nitrogen functional groups attached to an aromatic ring is 1. The number of hydrogen-bond acceptors (Lipinski definition) is 4. The van der Waals surface area contributed by atoms with Gasteiger partial charge < -0.3 is 5.73 Å². The van der Waals surface area contributed by atoms with Crippen LogP contribution in [0.4, 0.5) is 18.9 Å². The summed E-state index contributed by atoms with van der Waals surface area (Å²) in [6.07, 6.45) is -3.21. The van der Waals surface area contributed by atoms with Crippen LogP contribution in [0.15, 0.2) is 11.1 Å². The lowest BCUT2D eigenvalue weighted by Crippen LogP contribution is -2.08. The molecule has 1 rings (SSSR count). The minimum atomic E-state index is -4.56. The molecule has 0 aromatic carbocycles. The Morgan fingerprint density at radius 2 is 2.00 bits per heavy atom. The molecule has 0 unspecified atom stereocenters. The van der Waals surface area contributed by atoms with Crippen molar-refractivity contribution >= 4 is 25.4 Å². The number of halogens is 4. The zero-order valence-electron chi connectivity index (χ0n) is 6.92. The van der Waals surface area contributed by atoms with Gasteiger partial charge in [-0.25, -0.2) is 22.2 Å². The number of aromatic nitrogens is 1. The van der Waals surface area contributed by atoms with E-state index in [2.05, 4.69) is 4.98 Å². The molecule has 1 heterocycles. The maximum Gasteiger partial charge on any atom is 0.279 e. The molecular formula is C6H4ClF3N2O2S. The van der Waals surface area contributed by atoms with Crippen molar-refractivity contribution in [1.29, 1.82) is 0 Å². The molecule has 0 aliphatic rings. The standard InChI is InChI=1S/C6H4ClF3N2O2S/c7-15(13,14)6-4(5(9)10)2(11)1-3(8)12-6/h1,5H,(H2,11,12). The molecule has 0 saturated heterocycles. The molecule has 0 spiro atoms. The summed E-state index contributed by atoms with van der Waals surface area (Å²) in [5.41, 5.74) is 3.23. The van der Waals surface area contributed by atoms with E-state index in [0.717, 1.165) is 0 Å². The predicted octanol–water partition coefficient (Wildman–Crippen LogP) is 1.67. The van der Waals surface area contributed by atoms with Crippen LogP contribution in [0.25, 0.3) is 0 Å². The second kappa shape index (κ2) is 3.86. The highest BCUT2D eigenvalue weighted by Crippen LogP contribution is 2.32. The minimum absolute atomic E-state index is 0.493. The second-order valence-electron chi connectivity index (χ2n) is 2.49. The number of nitrogens with two attached hydrogens (primary N) is 1. The Kier molecular flexibility index (Phi) is 3.10. The van der Waals surface area contributed by atoms with Gasteiger partial charge in [0.15, 0.2) is 5.03 Å². The van der Waals surface area contributed by atoms with Crippen LogP contribution in [-0.2, 0) is 9.05 Å². The average molecular weight is 261 g/mol. The van der Waals surface area contributed by atoms with Crippen LogP contribution in [0.5, 0.6) is 0 Å². The number of hydrogen-bond donors (Lipinski definition) is 1. The molecule has 0 saturated carbocycles. The average Bonchev–Trinajstić information content (AvgIpc) is 1.99. The molecule has 0 aliphatic heterocycles. The molecular weight excluding hydrogens is 257 g/mol. The minimum Gasteiger partial charge on any atom is -0.398 e. The summed E-state index contributed by atoms with van der Waals surface area (Å²) in [5.74, 6) is -1.30. The van der Waals surface area contributed by atoms with Crippen LogP contribution in [0.1, 0.15) is 12.0 Å². The van der Waals surface area contributed by atoms with Crippen molar-refractivity contribution in [2.24, 2.45) is 0 Å². The van der Waals surface area contributed by atoms with Crippen molar-refractivity contribution in [1.82, 2.24) is 4.98 Å². The van der Waals surface area contributed by atoms with Gasteiger partial charge in [0.2, 0.25) is 5.95 Å². The molecule has 0 aliphatic carbocycles. The molecule has 2 N–H and O–H groups in total. The zero-order valence-corrected chi connectivity index (χ0v) is 8.49. The summed E-state index contributed by atoms with van der Waals surface area (Å²) >= 11 is 0. The third-order valence-electron chi connectivity index (χ3n) is 1.47. The molecule has 0 amide bonds. The largest absolute Gasteiger partial charge is 0.398 e. The first-order valence-electron chi connectivity index (χ1n) is 3.42. The van der Waals surface area contributed by atoms with E-state index in [1.54, 1.807) is 0 Å². The van der Waals surface area contributed by atoms with Crippen LogP contribution in [-0.4, -0.2) is 13.4 Å². The number of pyridine rings is 1. The topological polar surface area (TPSA) is 73.0 Å². The van der Waals surface area contributed by atoms with E-state index in [-0.39, 0.29) is 0 Å². The van der Waals surface area contributed by atoms with E-state index >= 15 is 0 Å². The van der Waals surface area contributed by atoms with Crippen molar-refractivity contribution in [2.45, 2.75) is 11.5 Å². The van der Waals surface area contributed by atoms with Crippen molar-refractivity contribution in [3.63, 3.8) is 0 Å². The molecule has 15 heavy (non-hydrogen) atoms. The number of rotatable bonds is 2. The van der Waals surface area contributed by atoms with E-state index in [1.807, 2.05) is 0 Å². The van der Waals surface area contributed by atoms with Crippen LogP contribution in [0, 0.1) is 5.95 Å². The first kappa shape index (κ1) is 12.1.